The highest BCUT2D eigenvalue weighted by Crippen LogP contribution is 2.30. The Morgan fingerprint density at radius 3 is 2.63 bits per heavy atom. The summed E-state index contributed by atoms with van der Waals surface area (Å²) in [7, 11) is 0. The van der Waals surface area contributed by atoms with Gasteiger partial charge in [0.1, 0.15) is 0 Å². The van der Waals surface area contributed by atoms with E-state index >= 15 is 0 Å². The zero-order valence-electron chi connectivity index (χ0n) is 11.0. The molecule has 0 amide bonds. The highest BCUT2D eigenvalue weighted by atomic mass is 79.9. The third-order valence-electron chi connectivity index (χ3n) is 2.91. The molecular formula is C15H16Br2N2. The van der Waals surface area contributed by atoms with Gasteiger partial charge in [0.2, 0.25) is 0 Å². The monoisotopic (exact) mass is 382 g/mol. The van der Waals surface area contributed by atoms with Gasteiger partial charge in [0, 0.05) is 21.3 Å². The molecule has 0 aliphatic rings. The lowest BCUT2D eigenvalue weighted by atomic mass is 9.99. The molecule has 2 rings (SSSR count). The van der Waals surface area contributed by atoms with E-state index in [9.17, 15) is 0 Å². The summed E-state index contributed by atoms with van der Waals surface area (Å²) in [6.07, 6.45) is 3.80. The molecule has 1 atom stereocenters. The molecule has 0 spiro atoms. The van der Waals surface area contributed by atoms with E-state index in [-0.39, 0.29) is 6.04 Å². The van der Waals surface area contributed by atoms with Crippen molar-refractivity contribution in [2.24, 2.45) is 0 Å². The maximum absolute atomic E-state index is 4.30. The number of pyridine rings is 1. The second kappa shape index (κ2) is 6.64. The minimum absolute atomic E-state index is 0.153. The van der Waals surface area contributed by atoms with Crippen molar-refractivity contribution >= 4 is 31.9 Å². The average molecular weight is 384 g/mol. The summed E-state index contributed by atoms with van der Waals surface area (Å²) in [5.41, 5.74) is 3.58. The molecule has 0 aliphatic carbocycles. The Kier molecular flexibility index (Phi) is 5.13. The van der Waals surface area contributed by atoms with Crippen LogP contribution < -0.4 is 5.32 Å². The Balaban J connectivity index is 2.45. The van der Waals surface area contributed by atoms with E-state index < -0.39 is 0 Å². The molecule has 0 bridgehead atoms. The first-order valence-corrected chi connectivity index (χ1v) is 7.80. The molecule has 1 aromatic carbocycles. The molecule has 0 saturated heterocycles. The maximum Gasteiger partial charge on any atom is 0.0603 e. The molecular weight excluding hydrogens is 368 g/mol. The molecule has 0 saturated carbocycles. The summed E-state index contributed by atoms with van der Waals surface area (Å²) in [5.74, 6) is 0. The first-order chi connectivity index (χ1) is 9.11. The van der Waals surface area contributed by atoms with Gasteiger partial charge in [-0.3, -0.25) is 4.98 Å². The fourth-order valence-electron chi connectivity index (χ4n) is 2.08. The van der Waals surface area contributed by atoms with Gasteiger partial charge in [-0.05, 0) is 42.3 Å². The van der Waals surface area contributed by atoms with Crippen LogP contribution in [0.25, 0.3) is 0 Å². The largest absolute Gasteiger partial charge is 0.306 e. The molecule has 19 heavy (non-hydrogen) atoms. The minimum atomic E-state index is 0.153. The fourth-order valence-corrected chi connectivity index (χ4v) is 3.36. The Bertz CT molecular complexity index is 570. The van der Waals surface area contributed by atoms with Crippen molar-refractivity contribution in [3.05, 3.63) is 62.3 Å². The molecule has 2 aromatic rings. The van der Waals surface area contributed by atoms with Gasteiger partial charge in [0.25, 0.3) is 0 Å². The molecule has 1 aromatic heterocycles. The summed E-state index contributed by atoms with van der Waals surface area (Å²) in [6, 6.07) is 8.59. The standard InChI is InChI=1S/C15H16Br2N2/c1-3-19-15(11-6-10(2)8-18-9-11)13-5-4-12(16)7-14(13)17/h4-9,15,19H,3H2,1-2H3. The van der Waals surface area contributed by atoms with E-state index in [0.717, 1.165) is 15.5 Å². The molecule has 4 heteroatoms. The van der Waals surface area contributed by atoms with Crippen LogP contribution in [0.3, 0.4) is 0 Å². The maximum atomic E-state index is 4.30. The van der Waals surface area contributed by atoms with Crippen LogP contribution in [0.1, 0.15) is 29.7 Å². The highest BCUT2D eigenvalue weighted by molar-refractivity contribution is 9.11. The van der Waals surface area contributed by atoms with Crippen LogP contribution in [0.15, 0.2) is 45.6 Å². The van der Waals surface area contributed by atoms with Gasteiger partial charge >= 0.3 is 0 Å². The molecule has 2 nitrogen and oxygen atoms in total. The van der Waals surface area contributed by atoms with Crippen molar-refractivity contribution in [1.82, 2.24) is 10.3 Å². The topological polar surface area (TPSA) is 24.9 Å². The van der Waals surface area contributed by atoms with Gasteiger partial charge in [0.05, 0.1) is 6.04 Å². The predicted octanol–water partition coefficient (Wildman–Crippen LogP) is 4.61. The summed E-state index contributed by atoms with van der Waals surface area (Å²) in [6.45, 7) is 5.08. The summed E-state index contributed by atoms with van der Waals surface area (Å²) >= 11 is 7.13. The molecule has 100 valence electrons. The number of halogens is 2. The van der Waals surface area contributed by atoms with Crippen molar-refractivity contribution in [3.8, 4) is 0 Å². The van der Waals surface area contributed by atoms with Crippen LogP contribution in [0.5, 0.6) is 0 Å². The molecule has 0 aliphatic heterocycles. The van der Waals surface area contributed by atoms with E-state index in [2.05, 4.69) is 80.3 Å². The van der Waals surface area contributed by atoms with E-state index in [0.29, 0.717) is 0 Å². The molecule has 1 heterocycles. The van der Waals surface area contributed by atoms with E-state index in [1.165, 1.54) is 16.7 Å². The SMILES string of the molecule is CCNC(c1cncc(C)c1)c1ccc(Br)cc1Br. The second-order valence-electron chi connectivity index (χ2n) is 4.45. The van der Waals surface area contributed by atoms with Crippen LogP contribution in [0.4, 0.5) is 0 Å². The van der Waals surface area contributed by atoms with Crippen molar-refractivity contribution in [3.63, 3.8) is 0 Å². The van der Waals surface area contributed by atoms with Crippen LogP contribution in [-0.2, 0) is 0 Å². The van der Waals surface area contributed by atoms with Crippen molar-refractivity contribution in [2.45, 2.75) is 19.9 Å². The smallest absolute Gasteiger partial charge is 0.0603 e. The number of aromatic nitrogens is 1. The van der Waals surface area contributed by atoms with Crippen molar-refractivity contribution in [1.29, 1.82) is 0 Å². The van der Waals surface area contributed by atoms with Gasteiger partial charge in [0.15, 0.2) is 0 Å². The van der Waals surface area contributed by atoms with E-state index in [1.807, 2.05) is 12.4 Å². The van der Waals surface area contributed by atoms with Crippen LogP contribution in [-0.4, -0.2) is 11.5 Å². The number of nitrogens with zero attached hydrogens (tertiary/aromatic N) is 1. The zero-order valence-corrected chi connectivity index (χ0v) is 14.1. The second-order valence-corrected chi connectivity index (χ2v) is 6.22. The molecule has 1 unspecified atom stereocenters. The number of rotatable bonds is 4. The Labute approximate surface area is 130 Å². The molecule has 1 N–H and O–H groups in total. The lowest BCUT2D eigenvalue weighted by molar-refractivity contribution is 0.626. The quantitative estimate of drug-likeness (QED) is 0.833. The zero-order chi connectivity index (χ0) is 13.8. The van der Waals surface area contributed by atoms with E-state index in [1.54, 1.807) is 0 Å². The number of hydrogen-bond donors (Lipinski definition) is 1. The van der Waals surface area contributed by atoms with Crippen LogP contribution in [0, 0.1) is 6.92 Å². The summed E-state index contributed by atoms with van der Waals surface area (Å²) < 4.78 is 2.16. The first-order valence-electron chi connectivity index (χ1n) is 6.21. The lowest BCUT2D eigenvalue weighted by Gasteiger charge is -2.20. The number of nitrogens with one attached hydrogen (secondary N) is 1. The molecule has 0 radical (unpaired) electrons. The lowest BCUT2D eigenvalue weighted by Crippen LogP contribution is -2.22. The summed E-state index contributed by atoms with van der Waals surface area (Å²) in [4.78, 5) is 4.30. The van der Waals surface area contributed by atoms with Crippen molar-refractivity contribution in [2.75, 3.05) is 6.54 Å². The number of benzene rings is 1. The molecule has 0 fully saturated rings. The van der Waals surface area contributed by atoms with Gasteiger partial charge in [-0.15, -0.1) is 0 Å². The van der Waals surface area contributed by atoms with Crippen molar-refractivity contribution < 1.29 is 0 Å². The third kappa shape index (κ3) is 3.65. The Hall–Kier alpha value is -0.710. The average Bonchev–Trinajstić information content (AvgIpc) is 2.37. The fraction of sp³-hybridized carbons (Fsp3) is 0.267. The normalized spacial score (nSPS) is 12.4. The number of aryl methyl sites for hydroxylation is 1. The van der Waals surface area contributed by atoms with Gasteiger partial charge in [-0.25, -0.2) is 0 Å². The van der Waals surface area contributed by atoms with Gasteiger partial charge in [-0.1, -0.05) is 50.9 Å². The highest BCUT2D eigenvalue weighted by Gasteiger charge is 2.16. The summed E-state index contributed by atoms with van der Waals surface area (Å²) in [5, 5.41) is 3.52. The van der Waals surface area contributed by atoms with Crippen LogP contribution in [0.2, 0.25) is 0 Å². The third-order valence-corrected chi connectivity index (χ3v) is 4.09. The first kappa shape index (κ1) is 14.7. The van der Waals surface area contributed by atoms with Gasteiger partial charge in [-0.2, -0.15) is 0 Å². The minimum Gasteiger partial charge on any atom is -0.306 e. The Morgan fingerprint density at radius 2 is 2.00 bits per heavy atom. The predicted molar refractivity (Wildman–Crippen MR) is 86.3 cm³/mol. The Morgan fingerprint density at radius 1 is 1.21 bits per heavy atom. The number of hydrogen-bond acceptors (Lipinski definition) is 2. The van der Waals surface area contributed by atoms with E-state index in [4.69, 9.17) is 0 Å². The van der Waals surface area contributed by atoms with Gasteiger partial charge < -0.3 is 5.32 Å². The van der Waals surface area contributed by atoms with Crippen LogP contribution >= 0.6 is 31.9 Å².